The Morgan fingerprint density at radius 2 is 1.89 bits per heavy atom. The van der Waals surface area contributed by atoms with Gasteiger partial charge < -0.3 is 14.0 Å². The van der Waals surface area contributed by atoms with Crippen LogP contribution in [0.1, 0.15) is 41.9 Å². The number of esters is 2. The molecule has 0 radical (unpaired) electrons. The first-order valence-corrected chi connectivity index (χ1v) is 14.1. The van der Waals surface area contributed by atoms with E-state index in [2.05, 4.69) is 11.7 Å². The number of nitrogens with one attached hydrogen (secondary N) is 1. The molecule has 1 aromatic heterocycles. The first-order chi connectivity index (χ1) is 16.9. The van der Waals surface area contributed by atoms with Crippen LogP contribution in [-0.4, -0.2) is 31.2 Å². The molecule has 1 unspecified atom stereocenters. The molecule has 0 aliphatic carbocycles. The lowest BCUT2D eigenvalue weighted by Crippen LogP contribution is -2.37. The van der Waals surface area contributed by atoms with Crippen molar-refractivity contribution >= 4 is 40.9 Å². The summed E-state index contributed by atoms with van der Waals surface area (Å²) in [5, 5.41) is 3.79. The Bertz CT molecular complexity index is 1210. The number of carbonyl (C=O) groups is 2. The maximum Gasteiger partial charge on any atom is 0.348 e. The van der Waals surface area contributed by atoms with Crippen molar-refractivity contribution in [3.8, 4) is 5.75 Å². The quantitative estimate of drug-likeness (QED) is 0.161. The number of thiophene rings is 1. The standard InChI is InChI=1S/C26H30NO6PS/c1-4-14-31-25(28)22(6-3)27-34(30,33-21-10-8-7-9-11-21)18-19-12-13-23-20(16-19)17-24(35-23)26(29)32-15-5-2/h5,7-13,16-17,22H,2,4,6,14-15,18H2,1,3H3,(H,27,30)/t22-,34?/m0/s1. The SMILES string of the molecule is C=CCOC(=O)c1cc2cc(CP(=O)(N[C@@H](CC)C(=O)OCCC)Oc3ccccc3)ccc2s1. The molecule has 2 aromatic carbocycles. The summed E-state index contributed by atoms with van der Waals surface area (Å²) in [4.78, 5) is 25.2. The first kappa shape index (κ1) is 26.7. The van der Waals surface area contributed by atoms with Gasteiger partial charge >= 0.3 is 19.5 Å². The van der Waals surface area contributed by atoms with Crippen molar-refractivity contribution in [2.24, 2.45) is 0 Å². The fourth-order valence-corrected chi connectivity index (χ4v) is 6.39. The molecule has 3 rings (SSSR count). The summed E-state index contributed by atoms with van der Waals surface area (Å²) in [5.41, 5.74) is 0.741. The summed E-state index contributed by atoms with van der Waals surface area (Å²) >= 11 is 1.32. The fraction of sp³-hybridized carbons (Fsp3) is 0.308. The molecule has 186 valence electrons. The molecule has 0 bridgehead atoms. The van der Waals surface area contributed by atoms with Crippen molar-refractivity contribution in [3.63, 3.8) is 0 Å². The van der Waals surface area contributed by atoms with Crippen molar-refractivity contribution in [2.45, 2.75) is 38.9 Å². The Hall–Kier alpha value is -2.93. The summed E-state index contributed by atoms with van der Waals surface area (Å²) in [6.45, 7) is 7.73. The predicted octanol–water partition coefficient (Wildman–Crippen LogP) is 6.34. The van der Waals surface area contributed by atoms with E-state index in [9.17, 15) is 14.2 Å². The third kappa shape index (κ3) is 7.52. The predicted molar refractivity (Wildman–Crippen MR) is 139 cm³/mol. The molecule has 2 atom stereocenters. The highest BCUT2D eigenvalue weighted by molar-refractivity contribution is 7.56. The number of para-hydroxylation sites is 1. The van der Waals surface area contributed by atoms with Crippen LogP contribution in [-0.2, 0) is 25.0 Å². The molecule has 1 N–H and O–H groups in total. The Kier molecular flexibility index (Phi) is 9.66. The zero-order valence-corrected chi connectivity index (χ0v) is 21.6. The van der Waals surface area contributed by atoms with E-state index in [1.54, 1.807) is 30.3 Å². The highest BCUT2D eigenvalue weighted by Gasteiger charge is 2.32. The molecule has 0 aliphatic rings. The summed E-state index contributed by atoms with van der Waals surface area (Å²) in [5.74, 6) is -0.435. The zero-order valence-electron chi connectivity index (χ0n) is 19.9. The van der Waals surface area contributed by atoms with Gasteiger partial charge in [-0.2, -0.15) is 0 Å². The molecule has 0 saturated carbocycles. The van der Waals surface area contributed by atoms with Crippen LogP contribution in [0.15, 0.2) is 67.3 Å². The summed E-state index contributed by atoms with van der Waals surface area (Å²) in [6.07, 6.45) is 2.65. The van der Waals surface area contributed by atoms with Crippen molar-refractivity contribution in [1.82, 2.24) is 5.09 Å². The molecule has 0 aliphatic heterocycles. The van der Waals surface area contributed by atoms with Gasteiger partial charge in [0.15, 0.2) is 0 Å². The van der Waals surface area contributed by atoms with Gasteiger partial charge in [0.05, 0.1) is 12.8 Å². The number of hydrogen-bond donors (Lipinski definition) is 1. The molecule has 1 heterocycles. The van der Waals surface area contributed by atoms with Gasteiger partial charge in [0.2, 0.25) is 0 Å². The van der Waals surface area contributed by atoms with Crippen LogP contribution in [0.5, 0.6) is 5.75 Å². The molecule has 7 nitrogen and oxygen atoms in total. The molecule has 3 aromatic rings. The maximum atomic E-state index is 14.0. The number of fused-ring (bicyclic) bond motifs is 1. The second kappa shape index (κ2) is 12.7. The summed E-state index contributed by atoms with van der Waals surface area (Å²) in [6, 6.07) is 15.4. The van der Waals surface area contributed by atoms with Crippen LogP contribution < -0.4 is 9.61 Å². The number of benzene rings is 2. The highest BCUT2D eigenvalue weighted by atomic mass is 32.1. The van der Waals surface area contributed by atoms with Gasteiger partial charge in [0.25, 0.3) is 0 Å². The van der Waals surface area contributed by atoms with Gasteiger partial charge in [-0.1, -0.05) is 50.8 Å². The lowest BCUT2D eigenvalue weighted by Gasteiger charge is -2.25. The normalized spacial score (nSPS) is 13.5. The van der Waals surface area contributed by atoms with Crippen LogP contribution in [0, 0.1) is 0 Å². The van der Waals surface area contributed by atoms with E-state index in [0.717, 1.165) is 15.6 Å². The van der Waals surface area contributed by atoms with Gasteiger partial charge in [-0.3, -0.25) is 9.36 Å². The Morgan fingerprint density at radius 1 is 1.11 bits per heavy atom. The van der Waals surface area contributed by atoms with Crippen molar-refractivity contribution in [1.29, 1.82) is 0 Å². The van der Waals surface area contributed by atoms with Gasteiger partial charge in [-0.25, -0.2) is 9.88 Å². The van der Waals surface area contributed by atoms with Crippen LogP contribution in [0.4, 0.5) is 0 Å². The molecular weight excluding hydrogens is 485 g/mol. The molecule has 0 amide bonds. The zero-order chi connectivity index (χ0) is 25.3. The molecule has 9 heteroatoms. The number of rotatable bonds is 13. The van der Waals surface area contributed by atoms with E-state index in [4.69, 9.17) is 14.0 Å². The van der Waals surface area contributed by atoms with Crippen LogP contribution in [0.3, 0.4) is 0 Å². The van der Waals surface area contributed by atoms with E-state index < -0.39 is 25.5 Å². The maximum absolute atomic E-state index is 14.0. The molecule has 0 fully saturated rings. The number of carbonyl (C=O) groups excluding carboxylic acids is 2. The molecule has 0 saturated heterocycles. The second-order valence-electron chi connectivity index (χ2n) is 7.86. The smallest absolute Gasteiger partial charge is 0.348 e. The monoisotopic (exact) mass is 515 g/mol. The lowest BCUT2D eigenvalue weighted by molar-refractivity contribution is -0.145. The average Bonchev–Trinajstić information content (AvgIpc) is 3.28. The largest absolute Gasteiger partial charge is 0.465 e. The van der Waals surface area contributed by atoms with Crippen molar-refractivity contribution in [3.05, 3.63) is 77.7 Å². The fourth-order valence-electron chi connectivity index (χ4n) is 3.35. The third-order valence-corrected chi connectivity index (χ3v) is 8.08. The minimum Gasteiger partial charge on any atom is -0.465 e. The number of hydrogen-bond acceptors (Lipinski definition) is 7. The Morgan fingerprint density at radius 3 is 2.57 bits per heavy atom. The van der Waals surface area contributed by atoms with E-state index in [1.165, 1.54) is 17.4 Å². The van der Waals surface area contributed by atoms with Crippen LogP contribution in [0.25, 0.3) is 10.1 Å². The van der Waals surface area contributed by atoms with E-state index in [1.807, 2.05) is 38.1 Å². The number of ether oxygens (including phenoxy) is 2. The highest BCUT2D eigenvalue weighted by Crippen LogP contribution is 2.47. The summed E-state index contributed by atoms with van der Waals surface area (Å²) < 4.78 is 31.3. The van der Waals surface area contributed by atoms with Gasteiger partial charge in [0.1, 0.15) is 23.3 Å². The minimum atomic E-state index is -3.58. The van der Waals surface area contributed by atoms with Gasteiger partial charge in [0, 0.05) is 4.70 Å². The molecule has 35 heavy (non-hydrogen) atoms. The van der Waals surface area contributed by atoms with Crippen LogP contribution in [0.2, 0.25) is 0 Å². The van der Waals surface area contributed by atoms with Gasteiger partial charge in [-0.15, -0.1) is 11.3 Å². The minimum absolute atomic E-state index is 0.0431. The van der Waals surface area contributed by atoms with E-state index >= 15 is 0 Å². The molecular formula is C26H30NO6PS. The van der Waals surface area contributed by atoms with Crippen LogP contribution >= 0.6 is 18.9 Å². The van der Waals surface area contributed by atoms with Crippen molar-refractivity contribution < 1.29 is 28.2 Å². The molecule has 0 spiro atoms. The Balaban J connectivity index is 1.87. The second-order valence-corrected chi connectivity index (χ2v) is 11.1. The van der Waals surface area contributed by atoms with Crippen molar-refractivity contribution in [2.75, 3.05) is 13.2 Å². The van der Waals surface area contributed by atoms with Gasteiger partial charge in [-0.05, 0) is 54.1 Å². The average molecular weight is 516 g/mol. The lowest BCUT2D eigenvalue weighted by atomic mass is 10.2. The first-order valence-electron chi connectivity index (χ1n) is 11.5. The topological polar surface area (TPSA) is 90.9 Å². The Labute approximate surface area is 209 Å². The van der Waals surface area contributed by atoms with E-state index in [-0.39, 0.29) is 12.8 Å². The van der Waals surface area contributed by atoms with E-state index in [0.29, 0.717) is 30.1 Å². The third-order valence-electron chi connectivity index (χ3n) is 4.99. The summed E-state index contributed by atoms with van der Waals surface area (Å²) in [7, 11) is -3.58.